The number of ether oxygens (including phenoxy) is 1. The zero-order valence-corrected chi connectivity index (χ0v) is 9.80. The molecule has 1 aromatic heterocycles. The van der Waals surface area contributed by atoms with E-state index in [1.165, 1.54) is 4.68 Å². The van der Waals surface area contributed by atoms with Crippen molar-refractivity contribution in [1.29, 1.82) is 0 Å². The van der Waals surface area contributed by atoms with E-state index in [2.05, 4.69) is 5.10 Å². The number of rotatable bonds is 3. The van der Waals surface area contributed by atoms with Crippen molar-refractivity contribution < 1.29 is 14.6 Å². The van der Waals surface area contributed by atoms with Crippen LogP contribution in [0, 0.1) is 0 Å². The zero-order valence-electron chi connectivity index (χ0n) is 9.80. The summed E-state index contributed by atoms with van der Waals surface area (Å²) < 4.78 is 6.64. The lowest BCUT2D eigenvalue weighted by Gasteiger charge is -2.12. The van der Waals surface area contributed by atoms with Crippen molar-refractivity contribution in [2.75, 3.05) is 7.11 Å². The smallest absolute Gasteiger partial charge is 0.354 e. The van der Waals surface area contributed by atoms with Gasteiger partial charge in [0.1, 0.15) is 11.5 Å². The molecule has 1 N–H and O–H groups in total. The molecule has 1 aromatic rings. The number of allylic oxidation sites excluding steroid dienone is 3. The first kappa shape index (κ1) is 11.4. The predicted octanol–water partition coefficient (Wildman–Crippen LogP) is 1.83. The van der Waals surface area contributed by atoms with E-state index >= 15 is 0 Å². The van der Waals surface area contributed by atoms with Crippen molar-refractivity contribution in [2.24, 2.45) is 7.05 Å². The average molecular weight is 234 g/mol. The molecule has 0 amide bonds. The lowest BCUT2D eigenvalue weighted by molar-refractivity contribution is 0.0685. The highest BCUT2D eigenvalue weighted by Crippen LogP contribution is 2.28. The molecule has 5 nitrogen and oxygen atoms in total. The molecule has 0 spiro atoms. The van der Waals surface area contributed by atoms with Crippen LogP contribution in [0.4, 0.5) is 0 Å². The van der Waals surface area contributed by atoms with Gasteiger partial charge in [-0.1, -0.05) is 6.08 Å². The lowest BCUT2D eigenvalue weighted by Crippen LogP contribution is -2.04. The van der Waals surface area contributed by atoms with Crippen LogP contribution in [0.1, 0.15) is 29.0 Å². The third-order valence-electron chi connectivity index (χ3n) is 2.76. The minimum Gasteiger partial charge on any atom is -0.496 e. The fourth-order valence-corrected chi connectivity index (χ4v) is 1.90. The highest BCUT2D eigenvalue weighted by Gasteiger charge is 2.18. The van der Waals surface area contributed by atoms with Crippen LogP contribution in [0.15, 0.2) is 24.0 Å². The van der Waals surface area contributed by atoms with E-state index in [-0.39, 0.29) is 5.69 Å². The second kappa shape index (κ2) is 4.45. The quantitative estimate of drug-likeness (QED) is 0.866. The van der Waals surface area contributed by atoms with Gasteiger partial charge in [0.25, 0.3) is 0 Å². The Kier molecular flexibility index (Phi) is 2.99. The van der Waals surface area contributed by atoms with Gasteiger partial charge in [-0.3, -0.25) is 4.68 Å². The third-order valence-corrected chi connectivity index (χ3v) is 2.76. The molecular formula is C12H14N2O3. The molecule has 0 bridgehead atoms. The summed E-state index contributed by atoms with van der Waals surface area (Å²) in [7, 11) is 3.23. The van der Waals surface area contributed by atoms with Crippen LogP contribution >= 0.6 is 0 Å². The third kappa shape index (κ3) is 2.08. The van der Waals surface area contributed by atoms with E-state index in [1.54, 1.807) is 20.2 Å². The summed E-state index contributed by atoms with van der Waals surface area (Å²) >= 11 is 0. The van der Waals surface area contributed by atoms with Crippen LogP contribution in [0.5, 0.6) is 0 Å². The molecule has 1 aliphatic carbocycles. The first-order valence-corrected chi connectivity index (χ1v) is 5.35. The second-order valence-electron chi connectivity index (χ2n) is 3.83. The number of hydrogen-bond donors (Lipinski definition) is 1. The van der Waals surface area contributed by atoms with Gasteiger partial charge in [0.15, 0.2) is 0 Å². The first-order valence-electron chi connectivity index (χ1n) is 5.35. The molecule has 5 heteroatoms. The van der Waals surface area contributed by atoms with Crippen LogP contribution < -0.4 is 0 Å². The fourth-order valence-electron chi connectivity index (χ4n) is 1.90. The number of carbonyl (C=O) groups is 1. The van der Waals surface area contributed by atoms with Crippen LogP contribution in [-0.2, 0) is 11.8 Å². The van der Waals surface area contributed by atoms with Crippen LogP contribution in [-0.4, -0.2) is 28.0 Å². The van der Waals surface area contributed by atoms with Crippen molar-refractivity contribution in [3.05, 3.63) is 35.4 Å². The molecule has 0 aromatic carbocycles. The van der Waals surface area contributed by atoms with Gasteiger partial charge in [0, 0.05) is 12.6 Å². The summed E-state index contributed by atoms with van der Waals surface area (Å²) in [6, 6.07) is 1.58. The Balaban J connectivity index is 2.46. The number of aromatic carboxylic acids is 1. The minimum absolute atomic E-state index is 0.178. The van der Waals surface area contributed by atoms with Gasteiger partial charge in [0.2, 0.25) is 0 Å². The monoisotopic (exact) mass is 234 g/mol. The number of aryl methyl sites for hydroxylation is 1. The standard InChI is InChI=1S/C12H14N2O3/c1-14-10(12(15)16)7-9(13-14)8-5-3-4-6-11(8)17-2/h4,6-7H,3,5H2,1-2H3,(H,15,16). The normalized spacial score (nSPS) is 15.2. The van der Waals surface area contributed by atoms with Crippen molar-refractivity contribution in [2.45, 2.75) is 12.8 Å². The molecule has 90 valence electrons. The zero-order chi connectivity index (χ0) is 12.4. The van der Waals surface area contributed by atoms with Gasteiger partial charge in [-0.05, 0) is 25.0 Å². The van der Waals surface area contributed by atoms with Gasteiger partial charge in [-0.2, -0.15) is 5.10 Å². The number of aromatic nitrogens is 2. The summed E-state index contributed by atoms with van der Waals surface area (Å²) in [6.07, 6.45) is 5.66. The summed E-state index contributed by atoms with van der Waals surface area (Å²) in [5.74, 6) is -0.219. The van der Waals surface area contributed by atoms with Crippen LogP contribution in [0.2, 0.25) is 0 Å². The Hall–Kier alpha value is -2.04. The Bertz CT molecular complexity index is 512. The average Bonchev–Trinajstić information content (AvgIpc) is 2.71. The lowest BCUT2D eigenvalue weighted by atomic mass is 10.0. The van der Waals surface area contributed by atoms with E-state index in [9.17, 15) is 4.79 Å². The number of nitrogens with zero attached hydrogens (tertiary/aromatic N) is 2. The highest BCUT2D eigenvalue weighted by atomic mass is 16.5. The molecule has 17 heavy (non-hydrogen) atoms. The van der Waals surface area contributed by atoms with E-state index in [4.69, 9.17) is 9.84 Å². The molecule has 0 radical (unpaired) electrons. The maximum absolute atomic E-state index is 10.9. The van der Waals surface area contributed by atoms with E-state index in [1.807, 2.05) is 12.2 Å². The summed E-state index contributed by atoms with van der Waals surface area (Å²) in [5.41, 5.74) is 1.81. The Morgan fingerprint density at radius 2 is 2.35 bits per heavy atom. The van der Waals surface area contributed by atoms with Crippen LogP contribution in [0.3, 0.4) is 0 Å². The predicted molar refractivity (Wildman–Crippen MR) is 62.5 cm³/mol. The number of hydrogen-bond acceptors (Lipinski definition) is 3. The topological polar surface area (TPSA) is 64.3 Å². The van der Waals surface area contributed by atoms with Crippen molar-refractivity contribution in [3.8, 4) is 0 Å². The SMILES string of the molecule is COC1=C(c2cc(C(=O)O)n(C)n2)CCC=C1. The number of carboxylic acid groups (broad SMARTS) is 1. The van der Waals surface area contributed by atoms with Crippen molar-refractivity contribution >= 4 is 11.5 Å². The molecule has 1 heterocycles. The highest BCUT2D eigenvalue weighted by molar-refractivity contribution is 5.87. The fraction of sp³-hybridized carbons (Fsp3) is 0.333. The first-order chi connectivity index (χ1) is 8.13. The number of carboxylic acids is 1. The maximum Gasteiger partial charge on any atom is 0.354 e. The molecule has 0 saturated heterocycles. The molecule has 0 unspecified atom stereocenters. The second-order valence-corrected chi connectivity index (χ2v) is 3.83. The summed E-state index contributed by atoms with van der Waals surface area (Å²) in [6.45, 7) is 0. The molecule has 2 rings (SSSR count). The summed E-state index contributed by atoms with van der Waals surface area (Å²) in [5, 5.41) is 13.2. The van der Waals surface area contributed by atoms with E-state index in [0.717, 1.165) is 24.2 Å². The largest absolute Gasteiger partial charge is 0.496 e. The Morgan fingerprint density at radius 1 is 1.59 bits per heavy atom. The van der Waals surface area contributed by atoms with Gasteiger partial charge >= 0.3 is 5.97 Å². The van der Waals surface area contributed by atoms with Crippen molar-refractivity contribution in [3.63, 3.8) is 0 Å². The molecule has 0 fully saturated rings. The molecular weight excluding hydrogens is 220 g/mol. The van der Waals surface area contributed by atoms with Crippen molar-refractivity contribution in [1.82, 2.24) is 9.78 Å². The molecule has 0 atom stereocenters. The molecule has 0 saturated carbocycles. The maximum atomic E-state index is 10.9. The number of methoxy groups -OCH3 is 1. The molecule has 1 aliphatic rings. The molecule has 0 aliphatic heterocycles. The van der Waals surface area contributed by atoms with Gasteiger partial charge < -0.3 is 9.84 Å². The van der Waals surface area contributed by atoms with Crippen LogP contribution in [0.25, 0.3) is 5.57 Å². The van der Waals surface area contributed by atoms with E-state index < -0.39 is 5.97 Å². The summed E-state index contributed by atoms with van der Waals surface area (Å²) in [4.78, 5) is 10.9. The van der Waals surface area contributed by atoms with E-state index in [0.29, 0.717) is 5.69 Å². The van der Waals surface area contributed by atoms with Gasteiger partial charge in [-0.15, -0.1) is 0 Å². The Labute approximate surface area is 99.0 Å². The minimum atomic E-state index is -0.975. The van der Waals surface area contributed by atoms with Gasteiger partial charge in [-0.25, -0.2) is 4.79 Å². The van der Waals surface area contributed by atoms with Gasteiger partial charge in [0.05, 0.1) is 12.8 Å². The Morgan fingerprint density at radius 3 is 2.94 bits per heavy atom.